The fourth-order valence-electron chi connectivity index (χ4n) is 2.87. The van der Waals surface area contributed by atoms with Crippen molar-refractivity contribution < 1.29 is 13.9 Å². The first-order valence-electron chi connectivity index (χ1n) is 8.03. The molecule has 0 spiro atoms. The summed E-state index contributed by atoms with van der Waals surface area (Å²) in [6.45, 7) is 0. The lowest BCUT2D eigenvalue weighted by atomic mass is 9.95. The van der Waals surface area contributed by atoms with Gasteiger partial charge in [-0.2, -0.15) is 0 Å². The normalized spacial score (nSPS) is 20.2. The summed E-state index contributed by atoms with van der Waals surface area (Å²) < 4.78 is 19.6. The first kappa shape index (κ1) is 15.0. The van der Waals surface area contributed by atoms with Crippen molar-refractivity contribution in [3.8, 4) is 5.75 Å². The Labute approximate surface area is 139 Å². The molecule has 1 unspecified atom stereocenters. The van der Waals surface area contributed by atoms with Crippen LogP contribution >= 0.6 is 0 Å². The van der Waals surface area contributed by atoms with E-state index in [1.165, 1.54) is 12.1 Å². The number of Topliss-reactive ketones (excluding diaryl/α,β-unsaturated/α-hetero) is 1. The SMILES string of the molecule is NC1N=C(c2cccc(F)c2)c2cccc(OC3CC3)c2CC1=O. The molecular formula is C19H17FN2O2. The molecule has 24 heavy (non-hydrogen) atoms. The largest absolute Gasteiger partial charge is 0.490 e. The van der Waals surface area contributed by atoms with Crippen LogP contribution in [0.15, 0.2) is 47.5 Å². The monoisotopic (exact) mass is 324 g/mol. The molecule has 122 valence electrons. The average Bonchev–Trinajstić information content (AvgIpc) is 3.38. The Balaban J connectivity index is 1.87. The minimum Gasteiger partial charge on any atom is -0.490 e. The molecule has 0 amide bonds. The summed E-state index contributed by atoms with van der Waals surface area (Å²) in [4.78, 5) is 16.7. The zero-order chi connectivity index (χ0) is 16.7. The van der Waals surface area contributed by atoms with Crippen molar-refractivity contribution in [1.82, 2.24) is 0 Å². The van der Waals surface area contributed by atoms with Crippen LogP contribution in [0.5, 0.6) is 5.75 Å². The number of nitrogens with two attached hydrogens (primary N) is 1. The molecule has 1 heterocycles. The molecule has 1 saturated carbocycles. The second kappa shape index (κ2) is 5.83. The maximum Gasteiger partial charge on any atom is 0.176 e. The molecule has 4 rings (SSSR count). The molecule has 1 aliphatic heterocycles. The Morgan fingerprint density at radius 1 is 1.17 bits per heavy atom. The summed E-state index contributed by atoms with van der Waals surface area (Å²) in [6, 6.07) is 11.8. The van der Waals surface area contributed by atoms with Crippen molar-refractivity contribution in [3.05, 3.63) is 65.0 Å². The van der Waals surface area contributed by atoms with E-state index in [9.17, 15) is 9.18 Å². The number of benzene rings is 2. The summed E-state index contributed by atoms with van der Waals surface area (Å²) >= 11 is 0. The first-order chi connectivity index (χ1) is 11.6. The third-order valence-electron chi connectivity index (χ3n) is 4.25. The van der Waals surface area contributed by atoms with Crippen LogP contribution in [0.4, 0.5) is 4.39 Å². The van der Waals surface area contributed by atoms with Crippen molar-refractivity contribution >= 4 is 11.5 Å². The maximum absolute atomic E-state index is 13.7. The summed E-state index contributed by atoms with van der Waals surface area (Å²) in [7, 11) is 0. The topological polar surface area (TPSA) is 64.7 Å². The summed E-state index contributed by atoms with van der Waals surface area (Å²) in [5.41, 5.74) is 8.61. The highest BCUT2D eigenvalue weighted by molar-refractivity contribution is 6.16. The molecule has 2 aliphatic rings. The molecule has 0 saturated heterocycles. The van der Waals surface area contributed by atoms with Gasteiger partial charge < -0.3 is 10.5 Å². The highest BCUT2D eigenvalue weighted by Crippen LogP contribution is 2.33. The van der Waals surface area contributed by atoms with Gasteiger partial charge in [0.25, 0.3) is 0 Å². The van der Waals surface area contributed by atoms with Gasteiger partial charge in [0.15, 0.2) is 11.9 Å². The number of hydrogen-bond donors (Lipinski definition) is 1. The number of ketones is 1. The smallest absolute Gasteiger partial charge is 0.176 e. The van der Waals surface area contributed by atoms with Gasteiger partial charge in [-0.25, -0.2) is 4.39 Å². The molecule has 1 atom stereocenters. The number of halogens is 1. The van der Waals surface area contributed by atoms with Crippen molar-refractivity contribution in [2.24, 2.45) is 10.7 Å². The molecule has 5 heteroatoms. The lowest BCUT2D eigenvalue weighted by Gasteiger charge is -2.14. The van der Waals surface area contributed by atoms with E-state index < -0.39 is 6.17 Å². The number of carbonyl (C=O) groups is 1. The van der Waals surface area contributed by atoms with Crippen LogP contribution in [0, 0.1) is 5.82 Å². The highest BCUT2D eigenvalue weighted by atomic mass is 19.1. The Bertz CT molecular complexity index is 843. The van der Waals surface area contributed by atoms with Crippen LogP contribution < -0.4 is 10.5 Å². The third kappa shape index (κ3) is 2.83. The Hall–Kier alpha value is -2.53. The summed E-state index contributed by atoms with van der Waals surface area (Å²) in [5.74, 6) is 0.169. The standard InChI is InChI=1S/C19H17FN2O2/c20-12-4-1-3-11(9-12)18-14-5-2-6-17(24-13-7-8-13)15(14)10-16(23)19(21)22-18/h1-6,9,13,19H,7-8,10,21H2. The molecule has 1 aliphatic carbocycles. The zero-order valence-corrected chi connectivity index (χ0v) is 13.0. The summed E-state index contributed by atoms with van der Waals surface area (Å²) in [6.07, 6.45) is 1.49. The number of fused-ring (bicyclic) bond motifs is 1. The van der Waals surface area contributed by atoms with E-state index in [0.717, 1.165) is 24.0 Å². The lowest BCUT2D eigenvalue weighted by Crippen LogP contribution is -2.29. The molecule has 2 N–H and O–H groups in total. The molecular weight excluding hydrogens is 307 g/mol. The van der Waals surface area contributed by atoms with Crippen LogP contribution in [0.25, 0.3) is 0 Å². The molecule has 0 bridgehead atoms. The second-order valence-corrected chi connectivity index (χ2v) is 6.18. The quantitative estimate of drug-likeness (QED) is 0.944. The average molecular weight is 324 g/mol. The number of carbonyl (C=O) groups excluding carboxylic acids is 1. The van der Waals surface area contributed by atoms with Gasteiger partial charge >= 0.3 is 0 Å². The Morgan fingerprint density at radius 3 is 2.71 bits per heavy atom. The molecule has 1 fully saturated rings. The van der Waals surface area contributed by atoms with E-state index in [-0.39, 0.29) is 24.1 Å². The van der Waals surface area contributed by atoms with E-state index in [1.54, 1.807) is 12.1 Å². The fourth-order valence-corrected chi connectivity index (χ4v) is 2.87. The predicted molar refractivity (Wildman–Crippen MR) is 88.8 cm³/mol. The maximum atomic E-state index is 13.7. The predicted octanol–water partition coefficient (Wildman–Crippen LogP) is 2.61. The van der Waals surface area contributed by atoms with E-state index in [0.29, 0.717) is 17.0 Å². The minimum atomic E-state index is -0.954. The van der Waals surface area contributed by atoms with E-state index in [2.05, 4.69) is 4.99 Å². The van der Waals surface area contributed by atoms with Crippen LogP contribution in [0.1, 0.15) is 29.5 Å². The Kier molecular flexibility index (Phi) is 3.65. The first-order valence-corrected chi connectivity index (χ1v) is 8.03. The van der Waals surface area contributed by atoms with Crippen molar-refractivity contribution in [3.63, 3.8) is 0 Å². The van der Waals surface area contributed by atoms with Gasteiger partial charge in [0.05, 0.1) is 11.8 Å². The van der Waals surface area contributed by atoms with Gasteiger partial charge in [0, 0.05) is 23.1 Å². The van der Waals surface area contributed by atoms with Crippen LogP contribution in [0.3, 0.4) is 0 Å². The molecule has 0 radical (unpaired) electrons. The van der Waals surface area contributed by atoms with Crippen molar-refractivity contribution in [2.45, 2.75) is 31.5 Å². The number of aliphatic imine (C=N–C) groups is 1. The minimum absolute atomic E-state index is 0.168. The van der Waals surface area contributed by atoms with Crippen molar-refractivity contribution in [2.75, 3.05) is 0 Å². The lowest BCUT2D eigenvalue weighted by molar-refractivity contribution is -0.119. The van der Waals surface area contributed by atoms with Crippen LogP contribution in [-0.2, 0) is 11.2 Å². The number of ether oxygens (including phenoxy) is 1. The van der Waals surface area contributed by atoms with Crippen LogP contribution in [-0.4, -0.2) is 23.8 Å². The molecule has 2 aromatic rings. The molecule has 0 aromatic heterocycles. The van der Waals surface area contributed by atoms with E-state index in [4.69, 9.17) is 10.5 Å². The van der Waals surface area contributed by atoms with Gasteiger partial charge in [0.2, 0.25) is 0 Å². The van der Waals surface area contributed by atoms with Gasteiger partial charge in [0.1, 0.15) is 11.6 Å². The van der Waals surface area contributed by atoms with E-state index >= 15 is 0 Å². The van der Waals surface area contributed by atoms with Gasteiger partial charge in [-0.1, -0.05) is 24.3 Å². The second-order valence-electron chi connectivity index (χ2n) is 6.18. The third-order valence-corrected chi connectivity index (χ3v) is 4.25. The molecule has 2 aromatic carbocycles. The van der Waals surface area contributed by atoms with Crippen molar-refractivity contribution in [1.29, 1.82) is 0 Å². The molecule has 4 nitrogen and oxygen atoms in total. The number of nitrogens with zero attached hydrogens (tertiary/aromatic N) is 1. The Morgan fingerprint density at radius 2 is 1.96 bits per heavy atom. The van der Waals surface area contributed by atoms with Gasteiger partial charge in [-0.3, -0.25) is 9.79 Å². The number of hydrogen-bond acceptors (Lipinski definition) is 4. The van der Waals surface area contributed by atoms with Gasteiger partial charge in [-0.05, 0) is 31.0 Å². The number of rotatable bonds is 3. The van der Waals surface area contributed by atoms with Crippen LogP contribution in [0.2, 0.25) is 0 Å². The van der Waals surface area contributed by atoms with E-state index in [1.807, 2.05) is 18.2 Å². The zero-order valence-electron chi connectivity index (χ0n) is 13.0. The van der Waals surface area contributed by atoms with Gasteiger partial charge in [-0.15, -0.1) is 0 Å². The fraction of sp³-hybridized carbons (Fsp3) is 0.263. The highest BCUT2D eigenvalue weighted by Gasteiger charge is 2.29. The summed E-state index contributed by atoms with van der Waals surface area (Å²) in [5, 5.41) is 0.